The molecule has 94 valence electrons. The summed E-state index contributed by atoms with van der Waals surface area (Å²) in [6.07, 6.45) is 1.79. The van der Waals surface area contributed by atoms with Gasteiger partial charge in [0.25, 0.3) is 0 Å². The third-order valence-corrected chi connectivity index (χ3v) is 2.87. The monoisotopic (exact) mass is 242 g/mol. The minimum Gasteiger partial charge on any atom is -0.484 e. The number of halogens is 1. The molecule has 0 amide bonds. The molecule has 2 rings (SSSR count). The molecule has 1 aliphatic carbocycles. The van der Waals surface area contributed by atoms with E-state index in [-0.39, 0.29) is 18.0 Å². The Hall–Kier alpha value is -1.17. The Labute approximate surface area is 99.3 Å². The van der Waals surface area contributed by atoms with E-state index in [2.05, 4.69) is 0 Å². The number of benzene rings is 1. The van der Waals surface area contributed by atoms with Crippen LogP contribution >= 0.6 is 0 Å². The van der Waals surface area contributed by atoms with Crippen LogP contribution in [0.4, 0.5) is 10.1 Å². The predicted molar refractivity (Wildman–Crippen MR) is 59.3 cm³/mol. The molecule has 17 heavy (non-hydrogen) atoms. The third kappa shape index (κ3) is 3.15. The van der Waals surface area contributed by atoms with Crippen LogP contribution < -0.4 is 10.2 Å². The van der Waals surface area contributed by atoms with E-state index < -0.39 is 0 Å². The van der Waals surface area contributed by atoms with Crippen molar-refractivity contribution in [3.63, 3.8) is 0 Å². The molecule has 1 saturated carbocycles. The summed E-state index contributed by atoms with van der Waals surface area (Å²) in [7, 11) is 1.53. The van der Waals surface area contributed by atoms with Gasteiger partial charge < -0.3 is 9.84 Å². The van der Waals surface area contributed by atoms with Crippen LogP contribution in [0.5, 0.6) is 5.75 Å². The van der Waals surface area contributed by atoms with Gasteiger partial charge in [0.05, 0.1) is 13.2 Å². The van der Waals surface area contributed by atoms with Gasteiger partial charge in [0.1, 0.15) is 11.9 Å². The van der Waals surface area contributed by atoms with Gasteiger partial charge in [-0.1, -0.05) is 0 Å². The number of hydrogen-bond donors (Lipinski definition) is 2. The summed E-state index contributed by atoms with van der Waals surface area (Å²) in [5.41, 5.74) is 2.22. The molecule has 0 saturated heterocycles. The largest absolute Gasteiger partial charge is 0.484 e. The fourth-order valence-electron chi connectivity index (χ4n) is 2.04. The average Bonchev–Trinajstić information content (AvgIpc) is 2.68. The molecule has 4 nitrogen and oxygen atoms in total. The van der Waals surface area contributed by atoms with Gasteiger partial charge in [-0.3, -0.25) is 0 Å². The molecular weight excluding hydrogens is 225 g/mol. The van der Waals surface area contributed by atoms with Crippen LogP contribution in [0.15, 0.2) is 18.2 Å². The molecule has 5 heteroatoms. The summed E-state index contributed by atoms with van der Waals surface area (Å²) in [6.45, 7) is 0. The molecule has 2 unspecified atom stereocenters. The second kappa shape index (κ2) is 5.44. The fourth-order valence-corrected chi connectivity index (χ4v) is 2.04. The molecule has 1 aromatic carbocycles. The molecule has 0 radical (unpaired) electrons. The van der Waals surface area contributed by atoms with Crippen LogP contribution in [-0.2, 0) is 4.84 Å². The molecule has 0 spiro atoms. The van der Waals surface area contributed by atoms with Gasteiger partial charge in [-0.25, -0.2) is 9.23 Å². The first-order valence-corrected chi connectivity index (χ1v) is 5.69. The first-order chi connectivity index (χ1) is 8.19. The van der Waals surface area contributed by atoms with Crippen LogP contribution in [0.1, 0.15) is 19.3 Å². The van der Waals surface area contributed by atoms with Crippen LogP contribution in [0.2, 0.25) is 0 Å². The lowest BCUT2D eigenvalue weighted by Crippen LogP contribution is -2.76. The minimum absolute atomic E-state index is 0.0455. The Kier molecular flexibility index (Phi) is 3.93. The lowest BCUT2D eigenvalue weighted by atomic mass is 10.2. The van der Waals surface area contributed by atoms with Gasteiger partial charge in [0.15, 0.2) is 5.75 Å². The van der Waals surface area contributed by atoms with Gasteiger partial charge in [-0.2, -0.15) is 5.48 Å². The minimum atomic E-state index is -0.341. The van der Waals surface area contributed by atoms with Crippen molar-refractivity contribution >= 4 is 5.69 Å². The second-order valence-electron chi connectivity index (χ2n) is 4.24. The van der Waals surface area contributed by atoms with E-state index in [1.54, 1.807) is 6.07 Å². The quantitative estimate of drug-likeness (QED) is 0.608. The highest BCUT2D eigenvalue weighted by Crippen LogP contribution is 2.28. The zero-order chi connectivity index (χ0) is 12.3. The van der Waals surface area contributed by atoms with Crippen molar-refractivity contribution in [2.45, 2.75) is 31.5 Å². The molecule has 1 fully saturated rings. The molecular formula is C12H17FNO3+. The number of quaternary nitrogens is 1. The highest BCUT2D eigenvalue weighted by Gasteiger charge is 2.25. The van der Waals surface area contributed by atoms with E-state index in [4.69, 9.17) is 9.57 Å². The average molecular weight is 242 g/mol. The summed E-state index contributed by atoms with van der Waals surface area (Å²) < 4.78 is 18.9. The van der Waals surface area contributed by atoms with Crippen LogP contribution in [0.3, 0.4) is 0 Å². The number of rotatable bonds is 4. The Morgan fingerprint density at radius 2 is 2.24 bits per heavy atom. The standard InChI is InChI=1S/C12H16FNO3/c1-16-14-11-5-2-8(13)6-12(11)17-10-4-3-9(15)7-10/h2,5-6,9-10,14-15H,3-4,7H2,1H3/p+1. The molecule has 3 N–H and O–H groups in total. The van der Waals surface area contributed by atoms with Crippen molar-refractivity contribution in [2.75, 3.05) is 7.11 Å². The topological polar surface area (TPSA) is 55.3 Å². The Morgan fingerprint density at radius 1 is 1.41 bits per heavy atom. The maximum absolute atomic E-state index is 13.2. The molecule has 0 heterocycles. The summed E-state index contributed by atoms with van der Waals surface area (Å²) in [4.78, 5) is 4.92. The number of aliphatic hydroxyl groups is 1. The Morgan fingerprint density at radius 3 is 2.88 bits per heavy atom. The number of nitrogens with two attached hydrogens (primary N) is 1. The molecule has 0 aliphatic heterocycles. The lowest BCUT2D eigenvalue weighted by Gasteiger charge is -2.14. The van der Waals surface area contributed by atoms with Crippen molar-refractivity contribution in [3.8, 4) is 5.75 Å². The number of aliphatic hydroxyl groups excluding tert-OH is 1. The van der Waals surface area contributed by atoms with E-state index in [1.807, 2.05) is 0 Å². The zero-order valence-corrected chi connectivity index (χ0v) is 9.73. The maximum Gasteiger partial charge on any atom is 0.204 e. The van der Waals surface area contributed by atoms with Crippen LogP contribution in [0, 0.1) is 5.82 Å². The number of hydrogen-bond acceptors (Lipinski definition) is 3. The van der Waals surface area contributed by atoms with Gasteiger partial charge in [0.2, 0.25) is 5.69 Å². The van der Waals surface area contributed by atoms with Crippen LogP contribution in [-0.4, -0.2) is 24.4 Å². The molecule has 0 aromatic heterocycles. The van der Waals surface area contributed by atoms with Crippen molar-refractivity contribution in [1.29, 1.82) is 0 Å². The first-order valence-electron chi connectivity index (χ1n) is 5.69. The van der Waals surface area contributed by atoms with Gasteiger partial charge in [0, 0.05) is 18.6 Å². The van der Waals surface area contributed by atoms with E-state index in [0.717, 1.165) is 12.8 Å². The molecule has 2 atom stereocenters. The smallest absolute Gasteiger partial charge is 0.204 e. The fraction of sp³-hybridized carbons (Fsp3) is 0.500. The summed E-state index contributed by atoms with van der Waals surface area (Å²) in [5, 5.41) is 9.42. The molecule has 0 bridgehead atoms. The summed E-state index contributed by atoms with van der Waals surface area (Å²) in [5.74, 6) is 0.123. The van der Waals surface area contributed by atoms with Crippen molar-refractivity contribution in [1.82, 2.24) is 0 Å². The molecule has 1 aromatic rings. The van der Waals surface area contributed by atoms with Gasteiger partial charge >= 0.3 is 0 Å². The lowest BCUT2D eigenvalue weighted by molar-refractivity contribution is -0.830. The van der Waals surface area contributed by atoms with Crippen LogP contribution in [0.25, 0.3) is 0 Å². The predicted octanol–water partition coefficient (Wildman–Crippen LogP) is 0.874. The maximum atomic E-state index is 13.2. The number of ether oxygens (including phenoxy) is 1. The van der Waals surface area contributed by atoms with Crippen molar-refractivity contribution in [2.24, 2.45) is 0 Å². The van der Waals surface area contributed by atoms with E-state index in [9.17, 15) is 9.50 Å². The van der Waals surface area contributed by atoms with E-state index in [0.29, 0.717) is 17.9 Å². The Bertz CT molecular complexity index is 386. The SMILES string of the molecule is CO[NH2+]c1ccc(F)cc1OC1CCC(O)C1. The van der Waals surface area contributed by atoms with Crippen molar-refractivity contribution in [3.05, 3.63) is 24.0 Å². The van der Waals surface area contributed by atoms with Gasteiger partial charge in [-0.05, 0) is 18.9 Å². The van der Waals surface area contributed by atoms with E-state index >= 15 is 0 Å². The second-order valence-corrected chi connectivity index (χ2v) is 4.24. The highest BCUT2D eigenvalue weighted by molar-refractivity contribution is 5.45. The van der Waals surface area contributed by atoms with E-state index in [1.165, 1.54) is 24.7 Å². The summed E-state index contributed by atoms with van der Waals surface area (Å²) >= 11 is 0. The van der Waals surface area contributed by atoms with Crippen molar-refractivity contribution < 1.29 is 24.6 Å². The normalized spacial score (nSPS) is 23.9. The van der Waals surface area contributed by atoms with Gasteiger partial charge in [-0.15, -0.1) is 0 Å². The molecule has 1 aliphatic rings. The third-order valence-electron chi connectivity index (χ3n) is 2.87. The summed E-state index contributed by atoms with van der Waals surface area (Å²) in [6, 6.07) is 4.32. The Balaban J connectivity index is 2.10. The first kappa shape index (κ1) is 12.3. The zero-order valence-electron chi connectivity index (χ0n) is 9.73. The highest BCUT2D eigenvalue weighted by atomic mass is 19.1.